The van der Waals surface area contributed by atoms with E-state index in [1.54, 1.807) is 23.7 Å². The van der Waals surface area contributed by atoms with Crippen LogP contribution in [0.1, 0.15) is 37.0 Å². The fraction of sp³-hybridized carbons (Fsp3) is 0.316. The van der Waals surface area contributed by atoms with Gasteiger partial charge in [0.15, 0.2) is 5.17 Å². The fourth-order valence-corrected chi connectivity index (χ4v) is 5.04. The smallest absolute Gasteiger partial charge is 0.267 e. The molecule has 2 fully saturated rings. The van der Waals surface area contributed by atoms with E-state index >= 15 is 0 Å². The Morgan fingerprint density at radius 1 is 1.20 bits per heavy atom. The van der Waals surface area contributed by atoms with Gasteiger partial charge in [0.1, 0.15) is 0 Å². The molecule has 0 N–H and O–H groups in total. The molecule has 2 aromatic heterocycles. The molecule has 0 bridgehead atoms. The largest absolute Gasteiger partial charge is 0.283 e. The summed E-state index contributed by atoms with van der Waals surface area (Å²) < 4.78 is 0. The molecule has 0 spiro atoms. The number of hydrogen-bond acceptors (Lipinski definition) is 5. The van der Waals surface area contributed by atoms with Gasteiger partial charge in [0.05, 0.1) is 16.8 Å². The second kappa shape index (κ2) is 7.54. The number of aromatic nitrogens is 1. The lowest BCUT2D eigenvalue weighted by molar-refractivity contribution is -0.124. The van der Waals surface area contributed by atoms with E-state index in [2.05, 4.69) is 4.98 Å². The third-order valence-electron chi connectivity index (χ3n) is 4.46. The maximum Gasteiger partial charge on any atom is 0.267 e. The van der Waals surface area contributed by atoms with Crippen molar-refractivity contribution >= 4 is 45.9 Å². The highest BCUT2D eigenvalue weighted by molar-refractivity contribution is 8.18. The maximum atomic E-state index is 13.1. The Bertz CT molecular complexity index is 793. The Hall–Kier alpha value is -1.92. The van der Waals surface area contributed by atoms with Crippen LogP contribution in [0.4, 0.5) is 5.69 Å². The average molecular weight is 370 g/mol. The summed E-state index contributed by atoms with van der Waals surface area (Å²) in [4.78, 5) is 25.7. The minimum Gasteiger partial charge on any atom is -0.283 e. The molecule has 1 amide bonds. The fourth-order valence-electron chi connectivity index (χ4n) is 3.26. The van der Waals surface area contributed by atoms with Crippen molar-refractivity contribution < 1.29 is 4.79 Å². The van der Waals surface area contributed by atoms with E-state index < -0.39 is 0 Å². The number of amides is 1. The topological polar surface area (TPSA) is 45.6 Å². The van der Waals surface area contributed by atoms with Gasteiger partial charge in [0, 0.05) is 17.1 Å². The standard InChI is InChI=1S/C19H19N3OS2/c23-18-17(12-16-9-5-11-24-16)25-19(21-14-6-4-10-20-13-14)22(18)15-7-2-1-3-8-15/h4-6,9-13,15H,1-3,7-8H2/b17-12+,21-19?. The Balaban J connectivity index is 1.69. The van der Waals surface area contributed by atoms with Gasteiger partial charge in [-0.25, -0.2) is 4.99 Å². The first-order valence-corrected chi connectivity index (χ1v) is 10.3. The van der Waals surface area contributed by atoms with Crippen LogP contribution in [0.3, 0.4) is 0 Å². The third-order valence-corrected chi connectivity index (χ3v) is 6.27. The normalized spacial score (nSPS) is 22.2. The van der Waals surface area contributed by atoms with Crippen LogP contribution in [0.2, 0.25) is 0 Å². The van der Waals surface area contributed by atoms with E-state index in [4.69, 9.17) is 4.99 Å². The maximum absolute atomic E-state index is 13.1. The number of thiophene rings is 1. The summed E-state index contributed by atoms with van der Waals surface area (Å²) in [6, 6.07) is 8.09. The number of pyridine rings is 1. The van der Waals surface area contributed by atoms with Crippen molar-refractivity contribution in [2.45, 2.75) is 38.1 Å². The molecule has 1 saturated heterocycles. The Morgan fingerprint density at radius 3 is 2.80 bits per heavy atom. The molecule has 1 aliphatic carbocycles. The van der Waals surface area contributed by atoms with Crippen LogP contribution < -0.4 is 0 Å². The second-order valence-corrected chi connectivity index (χ2v) is 8.19. The highest BCUT2D eigenvalue weighted by Gasteiger charge is 2.38. The average Bonchev–Trinajstić information content (AvgIpc) is 3.26. The number of rotatable bonds is 3. The van der Waals surface area contributed by atoms with Crippen LogP contribution in [0.15, 0.2) is 51.9 Å². The minimum atomic E-state index is 0.0907. The Labute approximate surface area is 155 Å². The zero-order valence-electron chi connectivity index (χ0n) is 13.8. The summed E-state index contributed by atoms with van der Waals surface area (Å²) in [7, 11) is 0. The number of amidine groups is 1. The zero-order valence-corrected chi connectivity index (χ0v) is 15.4. The molecule has 4 rings (SSSR count). The first-order chi connectivity index (χ1) is 12.3. The quantitative estimate of drug-likeness (QED) is 0.709. The van der Waals surface area contributed by atoms with Crippen molar-refractivity contribution in [1.29, 1.82) is 0 Å². The highest BCUT2D eigenvalue weighted by Crippen LogP contribution is 2.38. The lowest BCUT2D eigenvalue weighted by Gasteiger charge is -2.30. The number of carbonyl (C=O) groups excluding carboxylic acids is 1. The van der Waals surface area contributed by atoms with Gasteiger partial charge in [-0.05, 0) is 54.3 Å². The number of carbonyl (C=O) groups is 1. The van der Waals surface area contributed by atoms with E-state index in [1.165, 1.54) is 31.0 Å². The SMILES string of the molecule is O=C1/C(=C\c2cccs2)SC(=Nc2cccnc2)N1C1CCCCC1. The van der Waals surface area contributed by atoms with E-state index in [9.17, 15) is 4.79 Å². The molecule has 0 aromatic carbocycles. The van der Waals surface area contributed by atoms with E-state index in [-0.39, 0.29) is 11.9 Å². The van der Waals surface area contributed by atoms with Crippen molar-refractivity contribution in [1.82, 2.24) is 9.88 Å². The molecule has 25 heavy (non-hydrogen) atoms. The van der Waals surface area contributed by atoms with Crippen molar-refractivity contribution in [2.75, 3.05) is 0 Å². The molecular weight excluding hydrogens is 350 g/mol. The lowest BCUT2D eigenvalue weighted by atomic mass is 9.94. The number of hydrogen-bond donors (Lipinski definition) is 0. The summed E-state index contributed by atoms with van der Waals surface area (Å²) in [5.41, 5.74) is 0.788. The first-order valence-electron chi connectivity index (χ1n) is 8.56. The summed E-state index contributed by atoms with van der Waals surface area (Å²) >= 11 is 3.12. The predicted octanol–water partition coefficient (Wildman–Crippen LogP) is 5.08. The van der Waals surface area contributed by atoms with Crippen LogP contribution in [0.25, 0.3) is 6.08 Å². The molecule has 6 heteroatoms. The van der Waals surface area contributed by atoms with Crippen molar-refractivity contribution in [3.8, 4) is 0 Å². The van der Waals surface area contributed by atoms with E-state index in [0.29, 0.717) is 0 Å². The van der Waals surface area contributed by atoms with Gasteiger partial charge in [0.25, 0.3) is 5.91 Å². The van der Waals surface area contributed by atoms with Gasteiger partial charge >= 0.3 is 0 Å². The van der Waals surface area contributed by atoms with E-state index in [1.807, 2.05) is 40.6 Å². The van der Waals surface area contributed by atoms with Gasteiger partial charge in [-0.1, -0.05) is 25.3 Å². The lowest BCUT2D eigenvalue weighted by Crippen LogP contribution is -2.40. The molecule has 4 nitrogen and oxygen atoms in total. The number of nitrogens with zero attached hydrogens (tertiary/aromatic N) is 3. The van der Waals surface area contributed by atoms with Crippen LogP contribution in [-0.4, -0.2) is 27.0 Å². The number of thioether (sulfide) groups is 1. The van der Waals surface area contributed by atoms with Gasteiger partial charge in [0.2, 0.25) is 0 Å². The molecule has 2 aromatic rings. The summed E-state index contributed by atoms with van der Waals surface area (Å²) in [6.45, 7) is 0. The molecule has 1 saturated carbocycles. The summed E-state index contributed by atoms with van der Waals surface area (Å²) in [6.07, 6.45) is 11.2. The predicted molar refractivity (Wildman–Crippen MR) is 105 cm³/mol. The zero-order chi connectivity index (χ0) is 17.1. The molecule has 2 aliphatic rings. The Kier molecular flexibility index (Phi) is 4.99. The molecule has 0 unspecified atom stereocenters. The first kappa shape index (κ1) is 16.5. The minimum absolute atomic E-state index is 0.0907. The molecule has 1 aliphatic heterocycles. The van der Waals surface area contributed by atoms with Crippen LogP contribution in [0, 0.1) is 0 Å². The molecule has 128 valence electrons. The molecule has 0 atom stereocenters. The van der Waals surface area contributed by atoms with Crippen LogP contribution >= 0.6 is 23.1 Å². The second-order valence-electron chi connectivity index (χ2n) is 6.20. The summed E-state index contributed by atoms with van der Waals surface area (Å²) in [5.74, 6) is 0.0907. The van der Waals surface area contributed by atoms with E-state index in [0.717, 1.165) is 33.5 Å². The van der Waals surface area contributed by atoms with Crippen molar-refractivity contribution in [2.24, 2.45) is 4.99 Å². The van der Waals surface area contributed by atoms with Crippen LogP contribution in [-0.2, 0) is 4.79 Å². The molecular formula is C19H19N3OS2. The van der Waals surface area contributed by atoms with Gasteiger partial charge in [-0.15, -0.1) is 11.3 Å². The van der Waals surface area contributed by atoms with Gasteiger partial charge in [-0.3, -0.25) is 14.7 Å². The summed E-state index contributed by atoms with van der Waals surface area (Å²) in [5, 5.41) is 2.81. The van der Waals surface area contributed by atoms with Crippen molar-refractivity contribution in [3.05, 3.63) is 51.8 Å². The highest BCUT2D eigenvalue weighted by atomic mass is 32.2. The van der Waals surface area contributed by atoms with Gasteiger partial charge < -0.3 is 0 Å². The monoisotopic (exact) mass is 369 g/mol. The van der Waals surface area contributed by atoms with Crippen LogP contribution in [0.5, 0.6) is 0 Å². The van der Waals surface area contributed by atoms with Crippen molar-refractivity contribution in [3.63, 3.8) is 0 Å². The number of aliphatic imine (C=N–C) groups is 1. The Morgan fingerprint density at radius 2 is 2.08 bits per heavy atom. The van der Waals surface area contributed by atoms with Gasteiger partial charge in [-0.2, -0.15) is 0 Å². The third kappa shape index (κ3) is 3.70. The molecule has 0 radical (unpaired) electrons. The molecule has 3 heterocycles.